The number of carbonyl (C=O) groups excluding carboxylic acids is 1. The lowest BCUT2D eigenvalue weighted by Crippen LogP contribution is -2.15. The van der Waals surface area contributed by atoms with Crippen LogP contribution in [0.1, 0.15) is 18.9 Å². The van der Waals surface area contributed by atoms with Crippen molar-refractivity contribution in [2.45, 2.75) is 24.0 Å². The lowest BCUT2D eigenvalue weighted by atomic mass is 10.2. The second-order valence-corrected chi connectivity index (χ2v) is 8.08. The minimum atomic E-state index is -0.348. The normalized spacial score (nSPS) is 13.5. The Hall–Kier alpha value is -2.09. The highest BCUT2D eigenvalue weighted by Gasteiger charge is 2.31. The number of benzene rings is 2. The van der Waals surface area contributed by atoms with E-state index in [0.29, 0.717) is 32.3 Å². The molecule has 1 saturated carbocycles. The predicted octanol–water partition coefficient (Wildman–Crippen LogP) is 5.46. The van der Waals surface area contributed by atoms with Gasteiger partial charge in [0.15, 0.2) is 11.0 Å². The number of thioether (sulfide) groups is 1. The molecule has 0 aliphatic heterocycles. The van der Waals surface area contributed by atoms with Gasteiger partial charge in [-0.2, -0.15) is 0 Å². The zero-order valence-corrected chi connectivity index (χ0v) is 16.9. The third-order valence-corrected chi connectivity index (χ3v) is 5.82. The SMILES string of the molecule is O=C(CSc1nnc(-c2ccccc2F)n1C1CC1)Nc1c(Cl)cccc1Cl. The molecule has 9 heteroatoms. The quantitative estimate of drug-likeness (QED) is 0.521. The van der Waals surface area contributed by atoms with Crippen molar-refractivity contribution in [3.8, 4) is 11.4 Å². The standard InChI is InChI=1S/C19H15Cl2FN4OS/c20-13-5-3-6-14(21)17(13)23-16(27)10-28-19-25-24-18(26(19)11-8-9-11)12-4-1-2-7-15(12)22/h1-7,11H,8-10H2,(H,23,27). The van der Waals surface area contributed by atoms with Gasteiger partial charge < -0.3 is 5.32 Å². The maximum absolute atomic E-state index is 14.2. The second kappa shape index (κ2) is 8.11. The highest BCUT2D eigenvalue weighted by Crippen LogP contribution is 2.41. The minimum Gasteiger partial charge on any atom is -0.323 e. The molecule has 0 radical (unpaired) electrons. The van der Waals surface area contributed by atoms with E-state index in [2.05, 4.69) is 15.5 Å². The summed E-state index contributed by atoms with van der Waals surface area (Å²) >= 11 is 13.4. The Morgan fingerprint density at radius 3 is 2.54 bits per heavy atom. The molecule has 1 aliphatic rings. The van der Waals surface area contributed by atoms with E-state index in [9.17, 15) is 9.18 Å². The maximum atomic E-state index is 14.2. The summed E-state index contributed by atoms with van der Waals surface area (Å²) in [7, 11) is 0. The number of halogens is 3. The molecule has 1 amide bonds. The van der Waals surface area contributed by atoms with Crippen molar-refractivity contribution < 1.29 is 9.18 Å². The van der Waals surface area contributed by atoms with Crippen molar-refractivity contribution in [1.82, 2.24) is 14.8 Å². The summed E-state index contributed by atoms with van der Waals surface area (Å²) in [6, 6.07) is 11.7. The second-order valence-electron chi connectivity index (χ2n) is 6.32. The Bertz CT molecular complexity index is 1020. The van der Waals surface area contributed by atoms with Crippen molar-refractivity contribution in [3.05, 3.63) is 58.3 Å². The fraction of sp³-hybridized carbons (Fsp3) is 0.211. The molecule has 144 valence electrons. The van der Waals surface area contributed by atoms with Crippen LogP contribution in [0, 0.1) is 5.82 Å². The van der Waals surface area contributed by atoms with Crippen molar-refractivity contribution in [1.29, 1.82) is 0 Å². The topological polar surface area (TPSA) is 59.8 Å². The van der Waals surface area contributed by atoms with Crippen LogP contribution in [0.2, 0.25) is 10.0 Å². The number of rotatable bonds is 6. The van der Waals surface area contributed by atoms with E-state index in [1.54, 1.807) is 36.4 Å². The van der Waals surface area contributed by atoms with Gasteiger partial charge in [0, 0.05) is 6.04 Å². The third-order valence-electron chi connectivity index (χ3n) is 4.25. The van der Waals surface area contributed by atoms with Gasteiger partial charge in [-0.25, -0.2) is 4.39 Å². The highest BCUT2D eigenvalue weighted by atomic mass is 35.5. The van der Waals surface area contributed by atoms with Gasteiger partial charge in [0.2, 0.25) is 5.91 Å². The molecule has 0 saturated heterocycles. The molecule has 28 heavy (non-hydrogen) atoms. The first kappa shape index (κ1) is 19.2. The zero-order valence-electron chi connectivity index (χ0n) is 14.5. The van der Waals surface area contributed by atoms with E-state index >= 15 is 0 Å². The van der Waals surface area contributed by atoms with Gasteiger partial charge in [-0.1, -0.05) is 53.2 Å². The molecule has 1 aliphatic carbocycles. The summed E-state index contributed by atoms with van der Waals surface area (Å²) in [5.41, 5.74) is 0.785. The Kier molecular flexibility index (Phi) is 5.57. The zero-order chi connectivity index (χ0) is 19.7. The smallest absolute Gasteiger partial charge is 0.234 e. The minimum absolute atomic E-state index is 0.101. The monoisotopic (exact) mass is 436 g/mol. The van der Waals surface area contributed by atoms with Gasteiger partial charge in [-0.05, 0) is 37.1 Å². The molecule has 1 heterocycles. The van der Waals surface area contributed by atoms with E-state index in [0.717, 1.165) is 12.8 Å². The number of aromatic nitrogens is 3. The van der Waals surface area contributed by atoms with Gasteiger partial charge >= 0.3 is 0 Å². The third kappa shape index (κ3) is 4.01. The number of hydrogen-bond acceptors (Lipinski definition) is 4. The van der Waals surface area contributed by atoms with Crippen LogP contribution in [-0.4, -0.2) is 26.4 Å². The summed E-state index contributed by atoms with van der Waals surface area (Å²) in [5.74, 6) is -0.0289. The summed E-state index contributed by atoms with van der Waals surface area (Å²) in [6.07, 6.45) is 1.96. The molecule has 4 rings (SSSR count). The number of nitrogens with one attached hydrogen (secondary N) is 1. The van der Waals surface area contributed by atoms with Gasteiger partial charge in [-0.15, -0.1) is 10.2 Å². The molecular formula is C19H15Cl2FN4OS. The average molecular weight is 437 g/mol. The summed E-state index contributed by atoms with van der Waals surface area (Å²) in [6.45, 7) is 0. The van der Waals surface area contributed by atoms with Crippen LogP contribution in [0.25, 0.3) is 11.4 Å². The van der Waals surface area contributed by atoms with Crippen LogP contribution in [0.3, 0.4) is 0 Å². The first-order valence-corrected chi connectivity index (χ1v) is 10.3. The lowest BCUT2D eigenvalue weighted by molar-refractivity contribution is -0.113. The highest BCUT2D eigenvalue weighted by molar-refractivity contribution is 7.99. The van der Waals surface area contributed by atoms with Crippen LogP contribution >= 0.6 is 35.0 Å². The van der Waals surface area contributed by atoms with Crippen molar-refractivity contribution in [2.24, 2.45) is 0 Å². The Morgan fingerprint density at radius 2 is 1.86 bits per heavy atom. The lowest BCUT2D eigenvalue weighted by Gasteiger charge is -2.10. The van der Waals surface area contributed by atoms with E-state index < -0.39 is 0 Å². The molecule has 2 aromatic carbocycles. The average Bonchev–Trinajstić information content (AvgIpc) is 3.43. The van der Waals surface area contributed by atoms with Crippen LogP contribution in [0.5, 0.6) is 0 Å². The maximum Gasteiger partial charge on any atom is 0.234 e. The molecule has 3 aromatic rings. The van der Waals surface area contributed by atoms with Crippen LogP contribution in [0.4, 0.5) is 10.1 Å². The fourth-order valence-electron chi connectivity index (χ4n) is 2.79. The van der Waals surface area contributed by atoms with Crippen molar-refractivity contribution >= 4 is 46.6 Å². The van der Waals surface area contributed by atoms with E-state index in [-0.39, 0.29) is 23.5 Å². The molecule has 0 spiro atoms. The predicted molar refractivity (Wildman–Crippen MR) is 110 cm³/mol. The fourth-order valence-corrected chi connectivity index (χ4v) is 4.08. The van der Waals surface area contributed by atoms with Crippen molar-refractivity contribution in [2.75, 3.05) is 11.1 Å². The van der Waals surface area contributed by atoms with Gasteiger partial charge in [0.25, 0.3) is 0 Å². The number of hydrogen-bond donors (Lipinski definition) is 1. The number of para-hydroxylation sites is 1. The van der Waals surface area contributed by atoms with E-state index in [1.807, 2.05) is 4.57 Å². The van der Waals surface area contributed by atoms with Crippen molar-refractivity contribution in [3.63, 3.8) is 0 Å². The molecule has 1 fully saturated rings. The first-order valence-electron chi connectivity index (χ1n) is 8.61. The number of carbonyl (C=O) groups is 1. The number of nitrogens with zero attached hydrogens (tertiary/aromatic N) is 3. The van der Waals surface area contributed by atoms with E-state index in [1.165, 1.54) is 17.8 Å². The van der Waals surface area contributed by atoms with Gasteiger partial charge in [0.05, 0.1) is 27.0 Å². The molecule has 1 aromatic heterocycles. The van der Waals surface area contributed by atoms with Crippen LogP contribution < -0.4 is 5.32 Å². The van der Waals surface area contributed by atoms with Crippen LogP contribution in [-0.2, 0) is 4.79 Å². The Morgan fingerprint density at radius 1 is 1.14 bits per heavy atom. The molecule has 1 N–H and O–H groups in total. The largest absolute Gasteiger partial charge is 0.323 e. The number of anilines is 1. The van der Waals surface area contributed by atoms with Gasteiger partial charge in [-0.3, -0.25) is 9.36 Å². The summed E-state index contributed by atoms with van der Waals surface area (Å²) in [5, 5.41) is 12.4. The Balaban J connectivity index is 1.51. The van der Waals surface area contributed by atoms with Gasteiger partial charge in [0.1, 0.15) is 5.82 Å². The van der Waals surface area contributed by atoms with E-state index in [4.69, 9.17) is 23.2 Å². The molecular weight excluding hydrogens is 422 g/mol. The summed E-state index contributed by atoms with van der Waals surface area (Å²) in [4.78, 5) is 12.4. The molecule has 0 bridgehead atoms. The summed E-state index contributed by atoms with van der Waals surface area (Å²) < 4.78 is 16.1. The van der Waals surface area contributed by atoms with Crippen LogP contribution in [0.15, 0.2) is 47.6 Å². The number of amides is 1. The molecule has 0 unspecified atom stereocenters. The molecule has 5 nitrogen and oxygen atoms in total. The Labute approximate surface area is 175 Å². The first-order chi connectivity index (χ1) is 13.5. The molecule has 0 atom stereocenters.